The second kappa shape index (κ2) is 7.55. The highest BCUT2D eigenvalue weighted by molar-refractivity contribution is 7.99. The van der Waals surface area contributed by atoms with Crippen molar-refractivity contribution in [1.82, 2.24) is 5.32 Å². The lowest BCUT2D eigenvalue weighted by Crippen LogP contribution is -2.40. The number of hydrogen-bond donors (Lipinski definition) is 2. The molecule has 2 nitrogen and oxygen atoms in total. The molecule has 14 heavy (non-hydrogen) atoms. The summed E-state index contributed by atoms with van der Waals surface area (Å²) in [7, 11) is 0. The van der Waals surface area contributed by atoms with Crippen molar-refractivity contribution >= 4 is 11.8 Å². The Labute approximate surface area is 91.9 Å². The van der Waals surface area contributed by atoms with E-state index < -0.39 is 0 Å². The summed E-state index contributed by atoms with van der Waals surface area (Å²) >= 11 is 1.96. The SMILES string of the molecule is CCSCCNC1CCCCCC1O. The van der Waals surface area contributed by atoms with Gasteiger partial charge in [-0.15, -0.1) is 0 Å². The van der Waals surface area contributed by atoms with E-state index in [-0.39, 0.29) is 6.10 Å². The van der Waals surface area contributed by atoms with Gasteiger partial charge in [0, 0.05) is 18.3 Å². The summed E-state index contributed by atoms with van der Waals surface area (Å²) in [5, 5.41) is 13.3. The van der Waals surface area contributed by atoms with Gasteiger partial charge in [0.1, 0.15) is 0 Å². The number of aliphatic hydroxyl groups is 1. The van der Waals surface area contributed by atoms with Crippen LogP contribution in [-0.4, -0.2) is 35.3 Å². The lowest BCUT2D eigenvalue weighted by atomic mass is 10.1. The monoisotopic (exact) mass is 217 g/mol. The lowest BCUT2D eigenvalue weighted by Gasteiger charge is -2.21. The van der Waals surface area contributed by atoms with Gasteiger partial charge in [-0.25, -0.2) is 0 Å². The molecule has 0 aromatic heterocycles. The van der Waals surface area contributed by atoms with E-state index in [2.05, 4.69) is 12.2 Å². The number of aliphatic hydroxyl groups excluding tert-OH is 1. The predicted molar refractivity (Wildman–Crippen MR) is 63.9 cm³/mol. The average molecular weight is 217 g/mol. The Morgan fingerprint density at radius 2 is 2.07 bits per heavy atom. The molecule has 1 fully saturated rings. The van der Waals surface area contributed by atoms with Gasteiger partial charge in [-0.2, -0.15) is 11.8 Å². The van der Waals surface area contributed by atoms with Crippen LogP contribution in [0.3, 0.4) is 0 Å². The second-order valence-electron chi connectivity index (χ2n) is 3.96. The summed E-state index contributed by atoms with van der Waals surface area (Å²) in [6.07, 6.45) is 5.79. The predicted octanol–water partition coefficient (Wildman–Crippen LogP) is 2.02. The summed E-state index contributed by atoms with van der Waals surface area (Å²) in [6, 6.07) is 0.356. The maximum Gasteiger partial charge on any atom is 0.0693 e. The Morgan fingerprint density at radius 3 is 2.86 bits per heavy atom. The second-order valence-corrected chi connectivity index (χ2v) is 5.36. The molecule has 2 unspecified atom stereocenters. The maximum absolute atomic E-state index is 9.84. The third-order valence-electron chi connectivity index (χ3n) is 2.84. The van der Waals surface area contributed by atoms with Crippen LogP contribution in [0.1, 0.15) is 39.0 Å². The third-order valence-corrected chi connectivity index (χ3v) is 3.74. The molecule has 0 aliphatic heterocycles. The van der Waals surface area contributed by atoms with E-state index in [1.54, 1.807) is 0 Å². The van der Waals surface area contributed by atoms with E-state index in [9.17, 15) is 5.11 Å². The van der Waals surface area contributed by atoms with Gasteiger partial charge in [0.25, 0.3) is 0 Å². The van der Waals surface area contributed by atoms with Crippen LogP contribution in [0.2, 0.25) is 0 Å². The molecule has 0 aromatic carbocycles. The average Bonchev–Trinajstić information content (AvgIpc) is 2.39. The van der Waals surface area contributed by atoms with Gasteiger partial charge in [0.2, 0.25) is 0 Å². The van der Waals surface area contributed by atoms with Crippen LogP contribution < -0.4 is 5.32 Å². The van der Waals surface area contributed by atoms with Gasteiger partial charge in [-0.05, 0) is 18.6 Å². The molecule has 1 aliphatic carbocycles. The standard InChI is InChI=1S/C11H23NOS/c1-2-14-9-8-12-10-6-4-3-5-7-11(10)13/h10-13H,2-9H2,1H3. The van der Waals surface area contributed by atoms with Crippen LogP contribution in [0.25, 0.3) is 0 Å². The minimum absolute atomic E-state index is 0.107. The molecule has 0 spiro atoms. The molecule has 0 amide bonds. The minimum atomic E-state index is -0.107. The molecule has 3 heteroatoms. The largest absolute Gasteiger partial charge is 0.392 e. The number of hydrogen-bond acceptors (Lipinski definition) is 3. The zero-order valence-electron chi connectivity index (χ0n) is 9.17. The normalized spacial score (nSPS) is 28.7. The quantitative estimate of drug-likeness (QED) is 0.546. The van der Waals surface area contributed by atoms with Crippen LogP contribution in [0.15, 0.2) is 0 Å². The van der Waals surface area contributed by atoms with Crippen molar-refractivity contribution in [3.8, 4) is 0 Å². The van der Waals surface area contributed by atoms with Crippen LogP contribution in [0, 0.1) is 0 Å². The van der Waals surface area contributed by atoms with Gasteiger partial charge >= 0.3 is 0 Å². The number of thioether (sulfide) groups is 1. The third kappa shape index (κ3) is 4.67. The van der Waals surface area contributed by atoms with E-state index in [0.29, 0.717) is 6.04 Å². The van der Waals surface area contributed by atoms with Crippen molar-refractivity contribution in [2.75, 3.05) is 18.1 Å². The summed E-state index contributed by atoms with van der Waals surface area (Å²) in [5.41, 5.74) is 0. The van der Waals surface area contributed by atoms with Crippen LogP contribution >= 0.6 is 11.8 Å². The summed E-state index contributed by atoms with van der Waals surface area (Å²) in [5.74, 6) is 2.36. The van der Waals surface area contributed by atoms with Gasteiger partial charge in [0.05, 0.1) is 6.10 Å². The molecular formula is C11H23NOS. The Hall–Kier alpha value is 0.270. The van der Waals surface area contributed by atoms with Gasteiger partial charge in [-0.1, -0.05) is 26.2 Å². The molecule has 0 saturated heterocycles. The van der Waals surface area contributed by atoms with Crippen molar-refractivity contribution in [3.63, 3.8) is 0 Å². The molecule has 0 aromatic rings. The first-order valence-electron chi connectivity index (χ1n) is 5.83. The molecule has 1 saturated carbocycles. The Morgan fingerprint density at radius 1 is 1.29 bits per heavy atom. The molecule has 2 atom stereocenters. The molecule has 84 valence electrons. The molecule has 0 heterocycles. The lowest BCUT2D eigenvalue weighted by molar-refractivity contribution is 0.121. The fourth-order valence-electron chi connectivity index (χ4n) is 1.99. The summed E-state index contributed by atoms with van der Waals surface area (Å²) < 4.78 is 0. The highest BCUT2D eigenvalue weighted by atomic mass is 32.2. The van der Waals surface area contributed by atoms with Gasteiger partial charge < -0.3 is 10.4 Å². The van der Waals surface area contributed by atoms with E-state index in [1.165, 1.54) is 30.8 Å². The summed E-state index contributed by atoms with van der Waals surface area (Å²) in [6.45, 7) is 3.23. The Balaban J connectivity index is 2.13. The smallest absolute Gasteiger partial charge is 0.0693 e. The number of rotatable bonds is 5. The minimum Gasteiger partial charge on any atom is -0.392 e. The molecule has 2 N–H and O–H groups in total. The molecule has 0 bridgehead atoms. The molecule has 0 radical (unpaired) electrons. The zero-order valence-corrected chi connectivity index (χ0v) is 9.98. The van der Waals surface area contributed by atoms with Crippen LogP contribution in [0.5, 0.6) is 0 Å². The van der Waals surface area contributed by atoms with Crippen molar-refractivity contribution in [3.05, 3.63) is 0 Å². The highest BCUT2D eigenvalue weighted by Crippen LogP contribution is 2.17. The topological polar surface area (TPSA) is 32.3 Å². The summed E-state index contributed by atoms with van der Waals surface area (Å²) in [4.78, 5) is 0. The van der Waals surface area contributed by atoms with Crippen molar-refractivity contribution < 1.29 is 5.11 Å². The fourth-order valence-corrected chi connectivity index (χ4v) is 2.54. The first kappa shape index (κ1) is 12.3. The van der Waals surface area contributed by atoms with Crippen molar-refractivity contribution in [2.24, 2.45) is 0 Å². The van der Waals surface area contributed by atoms with E-state index in [0.717, 1.165) is 19.4 Å². The van der Waals surface area contributed by atoms with Crippen LogP contribution in [-0.2, 0) is 0 Å². The first-order valence-corrected chi connectivity index (χ1v) is 6.99. The van der Waals surface area contributed by atoms with E-state index in [1.807, 2.05) is 11.8 Å². The number of nitrogens with one attached hydrogen (secondary N) is 1. The fraction of sp³-hybridized carbons (Fsp3) is 1.00. The molecule has 1 aliphatic rings. The van der Waals surface area contributed by atoms with Crippen LogP contribution in [0.4, 0.5) is 0 Å². The maximum atomic E-state index is 9.84. The van der Waals surface area contributed by atoms with Crippen molar-refractivity contribution in [2.45, 2.75) is 51.2 Å². The Kier molecular flexibility index (Phi) is 6.65. The first-order chi connectivity index (χ1) is 6.84. The van der Waals surface area contributed by atoms with Crippen molar-refractivity contribution in [1.29, 1.82) is 0 Å². The Bertz CT molecular complexity index is 143. The van der Waals surface area contributed by atoms with E-state index >= 15 is 0 Å². The molecule has 1 rings (SSSR count). The zero-order chi connectivity index (χ0) is 10.2. The van der Waals surface area contributed by atoms with Gasteiger partial charge in [-0.3, -0.25) is 0 Å². The van der Waals surface area contributed by atoms with Gasteiger partial charge in [0.15, 0.2) is 0 Å². The highest BCUT2D eigenvalue weighted by Gasteiger charge is 2.20. The van der Waals surface area contributed by atoms with E-state index in [4.69, 9.17) is 0 Å². The molecular weight excluding hydrogens is 194 g/mol.